The Morgan fingerprint density at radius 3 is 2.25 bits per heavy atom. The number of hydrogen-bond donors (Lipinski definition) is 2. The van der Waals surface area contributed by atoms with Crippen molar-refractivity contribution in [1.29, 1.82) is 0 Å². The fourth-order valence-corrected chi connectivity index (χ4v) is 2.08. The van der Waals surface area contributed by atoms with Crippen LogP contribution < -0.4 is 24.8 Å². The Morgan fingerprint density at radius 1 is 1.05 bits per heavy atom. The van der Waals surface area contributed by atoms with Gasteiger partial charge in [-0.3, -0.25) is 10.1 Å². The summed E-state index contributed by atoms with van der Waals surface area (Å²) in [5, 5.41) is 5.54. The minimum atomic E-state index is -0.285. The van der Waals surface area contributed by atoms with E-state index in [1.807, 2.05) is 0 Å². The van der Waals surface area contributed by atoms with Crippen LogP contribution in [0.2, 0.25) is 0 Å². The molecule has 0 aromatic heterocycles. The second-order valence-corrected chi connectivity index (χ2v) is 4.30. The van der Waals surface area contributed by atoms with Gasteiger partial charge in [-0.2, -0.15) is 0 Å². The van der Waals surface area contributed by atoms with Gasteiger partial charge >= 0.3 is 0 Å². The molecule has 0 atom stereocenters. The van der Waals surface area contributed by atoms with E-state index < -0.39 is 0 Å². The van der Waals surface area contributed by atoms with Gasteiger partial charge in [-0.05, 0) is 30.4 Å². The molecule has 0 bridgehead atoms. The van der Waals surface area contributed by atoms with Crippen molar-refractivity contribution in [2.24, 2.45) is 0 Å². The molecule has 1 heterocycles. The molecule has 0 radical (unpaired) electrons. The lowest BCUT2D eigenvalue weighted by molar-refractivity contribution is -0.115. The van der Waals surface area contributed by atoms with Crippen LogP contribution in [0.15, 0.2) is 17.8 Å². The summed E-state index contributed by atoms with van der Waals surface area (Å²) < 4.78 is 15.8. The first-order chi connectivity index (χ1) is 9.60. The number of ether oxygens (including phenoxy) is 3. The summed E-state index contributed by atoms with van der Waals surface area (Å²) in [4.78, 5) is 11.6. The van der Waals surface area contributed by atoms with Gasteiger partial charge in [0.05, 0.1) is 21.3 Å². The fourth-order valence-electron chi connectivity index (χ4n) is 1.88. The summed E-state index contributed by atoms with van der Waals surface area (Å²) in [6, 6.07) is 3.50. The van der Waals surface area contributed by atoms with Crippen LogP contribution in [-0.4, -0.2) is 32.3 Å². The topological polar surface area (TPSA) is 68.8 Å². The molecule has 1 aliphatic rings. The number of methoxy groups -OCH3 is 3. The van der Waals surface area contributed by atoms with E-state index in [1.54, 1.807) is 25.3 Å². The van der Waals surface area contributed by atoms with Gasteiger partial charge in [0.2, 0.25) is 5.75 Å². The van der Waals surface area contributed by atoms with Crippen molar-refractivity contribution in [3.8, 4) is 17.2 Å². The Morgan fingerprint density at radius 2 is 1.75 bits per heavy atom. The number of nitrogens with one attached hydrogen (secondary N) is 2. The summed E-state index contributed by atoms with van der Waals surface area (Å²) in [5.74, 6) is 1.20. The van der Waals surface area contributed by atoms with E-state index in [0.717, 1.165) is 0 Å². The zero-order chi connectivity index (χ0) is 14.7. The van der Waals surface area contributed by atoms with Gasteiger partial charge in [-0.1, -0.05) is 0 Å². The van der Waals surface area contributed by atoms with Crippen molar-refractivity contribution in [3.05, 3.63) is 23.4 Å². The van der Waals surface area contributed by atoms with Crippen molar-refractivity contribution >= 4 is 29.3 Å². The van der Waals surface area contributed by atoms with Gasteiger partial charge in [0.15, 0.2) is 16.6 Å². The summed E-state index contributed by atoms with van der Waals surface area (Å²) in [6.45, 7) is 0. The number of carbonyl (C=O) groups excluding carboxylic acids is 1. The lowest BCUT2D eigenvalue weighted by Gasteiger charge is -2.14. The van der Waals surface area contributed by atoms with Crippen LogP contribution >= 0.6 is 12.2 Å². The van der Waals surface area contributed by atoms with Gasteiger partial charge in [-0.15, -0.1) is 0 Å². The van der Waals surface area contributed by atoms with Crippen LogP contribution in [-0.2, 0) is 4.79 Å². The van der Waals surface area contributed by atoms with E-state index in [-0.39, 0.29) is 11.0 Å². The average Bonchev–Trinajstić information content (AvgIpc) is 2.76. The Hall–Kier alpha value is -2.28. The van der Waals surface area contributed by atoms with E-state index in [0.29, 0.717) is 28.5 Å². The summed E-state index contributed by atoms with van der Waals surface area (Å²) in [6.07, 6.45) is 1.63. The summed E-state index contributed by atoms with van der Waals surface area (Å²) >= 11 is 4.88. The van der Waals surface area contributed by atoms with Crippen LogP contribution in [0.5, 0.6) is 17.2 Å². The molecule has 2 rings (SSSR count). The molecule has 0 aliphatic carbocycles. The molecular formula is C13H14N2O4S. The van der Waals surface area contributed by atoms with Crippen molar-refractivity contribution < 1.29 is 19.0 Å². The average molecular weight is 294 g/mol. The summed E-state index contributed by atoms with van der Waals surface area (Å²) in [5.41, 5.74) is 1.02. The smallest absolute Gasteiger partial charge is 0.273 e. The van der Waals surface area contributed by atoms with Gasteiger partial charge in [-0.25, -0.2) is 0 Å². The zero-order valence-corrected chi connectivity index (χ0v) is 12.1. The van der Waals surface area contributed by atoms with E-state index >= 15 is 0 Å². The fraction of sp³-hybridized carbons (Fsp3) is 0.231. The van der Waals surface area contributed by atoms with Crippen molar-refractivity contribution in [3.63, 3.8) is 0 Å². The lowest BCUT2D eigenvalue weighted by Crippen LogP contribution is -2.21. The Bertz CT molecular complexity index is 598. The molecule has 0 saturated carbocycles. The SMILES string of the molecule is COc1ccc(/C=C2/NC(=S)NC2=O)c(OC)c1OC. The van der Waals surface area contributed by atoms with E-state index in [1.165, 1.54) is 14.2 Å². The second-order valence-electron chi connectivity index (χ2n) is 3.89. The van der Waals surface area contributed by atoms with Crippen LogP contribution in [0.4, 0.5) is 0 Å². The molecule has 1 amide bonds. The molecule has 2 N–H and O–H groups in total. The molecule has 1 fully saturated rings. The molecule has 0 spiro atoms. The molecule has 6 nitrogen and oxygen atoms in total. The number of hydrogen-bond acceptors (Lipinski definition) is 5. The summed E-state index contributed by atoms with van der Waals surface area (Å²) in [7, 11) is 4.58. The highest BCUT2D eigenvalue weighted by Gasteiger charge is 2.22. The van der Waals surface area contributed by atoms with E-state index in [4.69, 9.17) is 26.4 Å². The van der Waals surface area contributed by atoms with Crippen LogP contribution in [0.3, 0.4) is 0 Å². The van der Waals surface area contributed by atoms with Crippen LogP contribution in [0, 0.1) is 0 Å². The molecule has 106 valence electrons. The Labute approximate surface area is 121 Å². The number of amides is 1. The van der Waals surface area contributed by atoms with Gasteiger partial charge in [0, 0.05) is 5.56 Å². The van der Waals surface area contributed by atoms with Gasteiger partial charge in [0.1, 0.15) is 5.70 Å². The van der Waals surface area contributed by atoms with Crippen molar-refractivity contribution in [2.45, 2.75) is 0 Å². The molecule has 7 heteroatoms. The van der Waals surface area contributed by atoms with Crippen LogP contribution in [0.25, 0.3) is 6.08 Å². The van der Waals surface area contributed by atoms with Crippen molar-refractivity contribution in [1.82, 2.24) is 10.6 Å². The third kappa shape index (κ3) is 2.53. The second kappa shape index (κ2) is 5.79. The third-order valence-electron chi connectivity index (χ3n) is 2.75. The highest BCUT2D eigenvalue weighted by atomic mass is 32.1. The first-order valence-electron chi connectivity index (χ1n) is 5.73. The minimum Gasteiger partial charge on any atom is -0.493 e. The molecule has 20 heavy (non-hydrogen) atoms. The third-order valence-corrected chi connectivity index (χ3v) is 2.96. The zero-order valence-electron chi connectivity index (χ0n) is 11.3. The molecule has 1 saturated heterocycles. The maximum absolute atomic E-state index is 11.6. The highest BCUT2D eigenvalue weighted by Crippen LogP contribution is 2.40. The lowest BCUT2D eigenvalue weighted by atomic mass is 10.1. The predicted molar refractivity (Wildman–Crippen MR) is 78.0 cm³/mol. The number of thiocarbonyl (C=S) groups is 1. The van der Waals surface area contributed by atoms with Gasteiger partial charge in [0.25, 0.3) is 5.91 Å². The largest absolute Gasteiger partial charge is 0.493 e. The number of carbonyl (C=O) groups is 1. The molecule has 1 aromatic carbocycles. The molecular weight excluding hydrogens is 280 g/mol. The quantitative estimate of drug-likeness (QED) is 0.639. The standard InChI is InChI=1S/C13H14N2O4S/c1-17-9-5-4-7(10(18-2)11(9)19-3)6-8-12(16)15-13(20)14-8/h4-6H,1-3H3,(H2,14,15,16,20)/b8-6+. The molecule has 1 aromatic rings. The minimum absolute atomic E-state index is 0.278. The highest BCUT2D eigenvalue weighted by molar-refractivity contribution is 7.80. The first-order valence-corrected chi connectivity index (χ1v) is 6.14. The van der Waals surface area contributed by atoms with Crippen LogP contribution in [0.1, 0.15) is 5.56 Å². The Balaban J connectivity index is 2.50. The predicted octanol–water partition coefficient (Wildman–Crippen LogP) is 1.06. The Kier molecular flexibility index (Phi) is 4.09. The monoisotopic (exact) mass is 294 g/mol. The van der Waals surface area contributed by atoms with Gasteiger partial charge < -0.3 is 19.5 Å². The van der Waals surface area contributed by atoms with E-state index in [9.17, 15) is 4.79 Å². The normalized spacial score (nSPS) is 15.8. The maximum atomic E-state index is 11.6. The first kappa shape index (κ1) is 14.1. The van der Waals surface area contributed by atoms with E-state index in [2.05, 4.69) is 10.6 Å². The number of benzene rings is 1. The number of rotatable bonds is 4. The molecule has 1 aliphatic heterocycles. The maximum Gasteiger partial charge on any atom is 0.273 e. The van der Waals surface area contributed by atoms with Crippen molar-refractivity contribution in [2.75, 3.05) is 21.3 Å². The molecule has 0 unspecified atom stereocenters.